The topological polar surface area (TPSA) is 56.1 Å². The first-order chi connectivity index (χ1) is 12.9. The van der Waals surface area contributed by atoms with Gasteiger partial charge in [0.05, 0.1) is 25.5 Å². The van der Waals surface area contributed by atoms with E-state index >= 15 is 0 Å². The number of imidazole rings is 1. The standard InChI is InChI=1S/C20H23N5O/c1-2-7-22-19(5-1)13-24-11-18(12-25-9-8-23-20(25)14-24)16-26-15-17-4-3-6-21-10-17/h1-10,18H,11-16H2. The molecular weight excluding hydrogens is 326 g/mol. The van der Waals surface area contributed by atoms with Crippen LogP contribution in [0.4, 0.5) is 0 Å². The van der Waals surface area contributed by atoms with E-state index in [0.717, 1.165) is 43.3 Å². The van der Waals surface area contributed by atoms with Crippen molar-refractivity contribution in [1.29, 1.82) is 0 Å². The zero-order chi connectivity index (χ0) is 17.6. The van der Waals surface area contributed by atoms with Crippen LogP contribution in [0.1, 0.15) is 17.1 Å². The van der Waals surface area contributed by atoms with E-state index in [2.05, 4.69) is 36.7 Å². The summed E-state index contributed by atoms with van der Waals surface area (Å²) in [4.78, 5) is 15.5. The smallest absolute Gasteiger partial charge is 0.122 e. The molecule has 6 nitrogen and oxygen atoms in total. The Labute approximate surface area is 153 Å². The molecule has 0 amide bonds. The Morgan fingerprint density at radius 3 is 2.88 bits per heavy atom. The number of rotatable bonds is 6. The number of hydrogen-bond donors (Lipinski definition) is 0. The van der Waals surface area contributed by atoms with Crippen LogP contribution in [-0.2, 0) is 31.0 Å². The van der Waals surface area contributed by atoms with Gasteiger partial charge in [0.2, 0.25) is 0 Å². The first-order valence-corrected chi connectivity index (χ1v) is 8.96. The Morgan fingerprint density at radius 1 is 1.04 bits per heavy atom. The number of pyridine rings is 2. The van der Waals surface area contributed by atoms with Gasteiger partial charge in [0, 0.05) is 56.5 Å². The molecule has 0 radical (unpaired) electrons. The second kappa shape index (κ2) is 8.21. The van der Waals surface area contributed by atoms with Gasteiger partial charge in [0.15, 0.2) is 0 Å². The second-order valence-corrected chi connectivity index (χ2v) is 6.73. The summed E-state index contributed by atoms with van der Waals surface area (Å²) < 4.78 is 8.24. The summed E-state index contributed by atoms with van der Waals surface area (Å²) in [5, 5.41) is 0. The monoisotopic (exact) mass is 349 g/mol. The predicted octanol–water partition coefficient (Wildman–Crippen LogP) is 2.52. The van der Waals surface area contributed by atoms with Gasteiger partial charge in [-0.25, -0.2) is 4.98 Å². The van der Waals surface area contributed by atoms with Crippen molar-refractivity contribution in [2.24, 2.45) is 5.92 Å². The Bertz CT molecular complexity index is 805. The van der Waals surface area contributed by atoms with E-state index in [1.54, 1.807) is 6.20 Å². The van der Waals surface area contributed by atoms with Crippen molar-refractivity contribution in [3.8, 4) is 0 Å². The molecule has 1 atom stereocenters. The van der Waals surface area contributed by atoms with Gasteiger partial charge in [-0.05, 0) is 23.8 Å². The molecule has 0 saturated carbocycles. The van der Waals surface area contributed by atoms with Crippen LogP contribution in [0.3, 0.4) is 0 Å². The average Bonchev–Trinajstić information content (AvgIpc) is 3.03. The third kappa shape index (κ3) is 4.33. The zero-order valence-corrected chi connectivity index (χ0v) is 14.7. The number of nitrogens with zero attached hydrogens (tertiary/aromatic N) is 5. The third-order valence-electron chi connectivity index (χ3n) is 4.59. The van der Waals surface area contributed by atoms with Crippen LogP contribution >= 0.6 is 0 Å². The van der Waals surface area contributed by atoms with Crippen molar-refractivity contribution in [3.05, 3.63) is 78.4 Å². The lowest BCUT2D eigenvalue weighted by atomic mass is 10.1. The Balaban J connectivity index is 1.40. The molecule has 134 valence electrons. The van der Waals surface area contributed by atoms with Crippen LogP contribution < -0.4 is 0 Å². The summed E-state index contributed by atoms with van der Waals surface area (Å²) in [5.74, 6) is 1.52. The van der Waals surface area contributed by atoms with Gasteiger partial charge in [-0.3, -0.25) is 14.9 Å². The van der Waals surface area contributed by atoms with E-state index in [0.29, 0.717) is 19.1 Å². The summed E-state index contributed by atoms with van der Waals surface area (Å²) in [6.07, 6.45) is 9.43. The highest BCUT2D eigenvalue weighted by molar-refractivity contribution is 5.07. The second-order valence-electron chi connectivity index (χ2n) is 6.73. The van der Waals surface area contributed by atoms with Gasteiger partial charge < -0.3 is 9.30 Å². The van der Waals surface area contributed by atoms with Crippen molar-refractivity contribution < 1.29 is 4.74 Å². The molecule has 0 fully saturated rings. The van der Waals surface area contributed by atoms with Crippen LogP contribution in [0.25, 0.3) is 0 Å². The van der Waals surface area contributed by atoms with Crippen LogP contribution in [0, 0.1) is 5.92 Å². The van der Waals surface area contributed by atoms with Gasteiger partial charge in [-0.1, -0.05) is 12.1 Å². The van der Waals surface area contributed by atoms with E-state index in [4.69, 9.17) is 4.74 Å². The van der Waals surface area contributed by atoms with E-state index in [-0.39, 0.29) is 0 Å². The number of fused-ring (bicyclic) bond motifs is 1. The first kappa shape index (κ1) is 16.9. The molecule has 3 aromatic rings. The van der Waals surface area contributed by atoms with Crippen molar-refractivity contribution in [2.45, 2.75) is 26.2 Å². The van der Waals surface area contributed by atoms with Crippen molar-refractivity contribution >= 4 is 0 Å². The zero-order valence-electron chi connectivity index (χ0n) is 14.7. The van der Waals surface area contributed by atoms with Gasteiger partial charge in [-0.2, -0.15) is 0 Å². The fraction of sp³-hybridized carbons (Fsp3) is 0.350. The fourth-order valence-corrected chi connectivity index (χ4v) is 3.40. The molecule has 1 aliphatic rings. The maximum absolute atomic E-state index is 5.99. The summed E-state index contributed by atoms with van der Waals surface area (Å²) in [7, 11) is 0. The van der Waals surface area contributed by atoms with E-state index in [1.807, 2.05) is 42.9 Å². The highest BCUT2D eigenvalue weighted by Crippen LogP contribution is 2.18. The molecule has 1 unspecified atom stereocenters. The average molecular weight is 349 g/mol. The van der Waals surface area contributed by atoms with Crippen molar-refractivity contribution in [2.75, 3.05) is 13.2 Å². The molecule has 0 saturated heterocycles. The predicted molar refractivity (Wildman–Crippen MR) is 98.0 cm³/mol. The minimum atomic E-state index is 0.408. The van der Waals surface area contributed by atoms with Gasteiger partial charge in [0.25, 0.3) is 0 Å². The quantitative estimate of drug-likeness (QED) is 0.684. The molecule has 4 heterocycles. The Morgan fingerprint density at radius 2 is 2.04 bits per heavy atom. The number of hydrogen-bond acceptors (Lipinski definition) is 5. The summed E-state index contributed by atoms with van der Waals surface area (Å²) in [6, 6.07) is 10.0. The summed E-state index contributed by atoms with van der Waals surface area (Å²) >= 11 is 0. The minimum absolute atomic E-state index is 0.408. The minimum Gasteiger partial charge on any atom is -0.376 e. The molecule has 1 aliphatic heterocycles. The summed E-state index contributed by atoms with van der Waals surface area (Å²) in [5.41, 5.74) is 2.19. The van der Waals surface area contributed by atoms with E-state index in [1.165, 1.54) is 0 Å². The molecule has 3 aromatic heterocycles. The molecule has 6 heteroatoms. The van der Waals surface area contributed by atoms with Crippen LogP contribution in [0.15, 0.2) is 61.3 Å². The largest absolute Gasteiger partial charge is 0.376 e. The van der Waals surface area contributed by atoms with Crippen LogP contribution in [0.5, 0.6) is 0 Å². The number of aromatic nitrogens is 4. The maximum Gasteiger partial charge on any atom is 0.122 e. The molecular formula is C20H23N5O. The molecule has 0 spiro atoms. The number of ether oxygens (including phenoxy) is 1. The first-order valence-electron chi connectivity index (χ1n) is 8.96. The fourth-order valence-electron chi connectivity index (χ4n) is 3.40. The maximum atomic E-state index is 5.99. The normalized spacial score (nSPS) is 17.6. The van der Waals surface area contributed by atoms with E-state index < -0.39 is 0 Å². The lowest BCUT2D eigenvalue weighted by Crippen LogP contribution is -2.30. The Kier molecular flexibility index (Phi) is 5.33. The highest BCUT2D eigenvalue weighted by Gasteiger charge is 2.23. The van der Waals surface area contributed by atoms with Crippen molar-refractivity contribution in [3.63, 3.8) is 0 Å². The highest BCUT2D eigenvalue weighted by atomic mass is 16.5. The molecule has 0 bridgehead atoms. The lowest BCUT2D eigenvalue weighted by Gasteiger charge is -2.23. The van der Waals surface area contributed by atoms with Crippen LogP contribution in [-0.4, -0.2) is 37.6 Å². The van der Waals surface area contributed by atoms with Crippen LogP contribution in [0.2, 0.25) is 0 Å². The van der Waals surface area contributed by atoms with Crippen molar-refractivity contribution in [1.82, 2.24) is 24.4 Å². The summed E-state index contributed by atoms with van der Waals surface area (Å²) in [6.45, 7) is 4.87. The molecule has 4 rings (SSSR count). The molecule has 26 heavy (non-hydrogen) atoms. The molecule has 0 aromatic carbocycles. The van der Waals surface area contributed by atoms with E-state index in [9.17, 15) is 0 Å². The lowest BCUT2D eigenvalue weighted by molar-refractivity contribution is 0.0662. The SMILES string of the molecule is c1ccc(CN2Cc3nccn3CC(COCc3cccnc3)C2)nc1. The molecule has 0 N–H and O–H groups in total. The molecule has 0 aliphatic carbocycles. The Hall–Kier alpha value is -2.57. The van der Waals surface area contributed by atoms with Gasteiger partial charge >= 0.3 is 0 Å². The van der Waals surface area contributed by atoms with Gasteiger partial charge in [0.1, 0.15) is 5.82 Å². The van der Waals surface area contributed by atoms with Gasteiger partial charge in [-0.15, -0.1) is 0 Å². The third-order valence-corrected chi connectivity index (χ3v) is 4.59.